The molecule has 2 rings (SSSR count). The van der Waals surface area contributed by atoms with E-state index in [-0.39, 0.29) is 11.0 Å². The Kier molecular flexibility index (Phi) is 4.44. The lowest BCUT2D eigenvalue weighted by atomic mass is 9.82. The third-order valence-electron chi connectivity index (χ3n) is 3.65. The lowest BCUT2D eigenvalue weighted by Gasteiger charge is -2.34. The highest BCUT2D eigenvalue weighted by atomic mass is 15.6. The van der Waals surface area contributed by atoms with Crippen LogP contribution in [0.3, 0.4) is 0 Å². The van der Waals surface area contributed by atoms with Crippen LogP contribution >= 0.6 is 0 Å². The van der Waals surface area contributed by atoms with Crippen molar-refractivity contribution in [2.75, 3.05) is 26.2 Å². The van der Waals surface area contributed by atoms with E-state index in [0.717, 1.165) is 45.0 Å². The van der Waals surface area contributed by atoms with Crippen LogP contribution in [0.2, 0.25) is 0 Å². The molecule has 1 saturated heterocycles. The van der Waals surface area contributed by atoms with Crippen molar-refractivity contribution in [2.24, 2.45) is 5.41 Å². The Labute approximate surface area is 121 Å². The predicted molar refractivity (Wildman–Crippen MR) is 79.4 cm³/mol. The van der Waals surface area contributed by atoms with Gasteiger partial charge in [0.25, 0.3) is 0 Å². The van der Waals surface area contributed by atoms with Gasteiger partial charge in [-0.3, -0.25) is 4.90 Å². The molecule has 1 aromatic rings. The molecule has 20 heavy (non-hydrogen) atoms. The second-order valence-corrected chi connectivity index (χ2v) is 7.58. The minimum atomic E-state index is -0.0644. The Morgan fingerprint density at radius 2 is 1.75 bits per heavy atom. The Balaban J connectivity index is 2.10. The summed E-state index contributed by atoms with van der Waals surface area (Å²) in [5.41, 5.74) is 0.187. The van der Waals surface area contributed by atoms with Crippen LogP contribution in [0.15, 0.2) is 0 Å². The molecule has 1 fully saturated rings. The van der Waals surface area contributed by atoms with Gasteiger partial charge in [0, 0.05) is 26.2 Å². The SMILES string of the molecule is CC(C)(C)CC(C)(C)n1nnnc1CN1CCNCC1. The van der Waals surface area contributed by atoms with Crippen LogP contribution in [0.4, 0.5) is 0 Å². The van der Waals surface area contributed by atoms with Crippen LogP contribution in [-0.2, 0) is 12.1 Å². The molecule has 0 aliphatic carbocycles. The number of hydrogen-bond acceptors (Lipinski definition) is 5. The summed E-state index contributed by atoms with van der Waals surface area (Å²) in [6.45, 7) is 16.3. The van der Waals surface area contributed by atoms with Crippen LogP contribution in [0.1, 0.15) is 46.9 Å². The summed E-state index contributed by atoms with van der Waals surface area (Å²) in [5.74, 6) is 0.973. The Bertz CT molecular complexity index is 425. The van der Waals surface area contributed by atoms with Crippen molar-refractivity contribution in [1.82, 2.24) is 30.4 Å². The number of aromatic nitrogens is 4. The van der Waals surface area contributed by atoms with Crippen molar-refractivity contribution in [3.63, 3.8) is 0 Å². The first kappa shape index (κ1) is 15.4. The molecule has 0 amide bonds. The fourth-order valence-corrected chi connectivity index (χ4v) is 3.22. The molecule has 6 nitrogen and oxygen atoms in total. The highest BCUT2D eigenvalue weighted by Crippen LogP contribution is 2.32. The third-order valence-corrected chi connectivity index (χ3v) is 3.65. The standard InChI is InChI=1S/C14H28N6/c1-13(2,3)11-14(4,5)20-12(16-17-18-20)10-19-8-6-15-7-9-19/h15H,6-11H2,1-5H3. The van der Waals surface area contributed by atoms with Crippen molar-refractivity contribution in [1.29, 1.82) is 0 Å². The van der Waals surface area contributed by atoms with Gasteiger partial charge >= 0.3 is 0 Å². The number of hydrogen-bond donors (Lipinski definition) is 1. The van der Waals surface area contributed by atoms with Gasteiger partial charge in [-0.25, -0.2) is 4.68 Å². The Hall–Kier alpha value is -1.01. The molecular formula is C14H28N6. The molecule has 1 aliphatic heterocycles. The summed E-state index contributed by atoms with van der Waals surface area (Å²) in [5, 5.41) is 15.8. The van der Waals surface area contributed by atoms with Crippen LogP contribution in [-0.4, -0.2) is 51.3 Å². The molecule has 0 bridgehead atoms. The van der Waals surface area contributed by atoms with E-state index in [0.29, 0.717) is 0 Å². The molecule has 0 saturated carbocycles. The molecule has 0 unspecified atom stereocenters. The average Bonchev–Trinajstić information content (AvgIpc) is 2.76. The number of rotatable bonds is 4. The number of piperazine rings is 1. The van der Waals surface area contributed by atoms with E-state index in [9.17, 15) is 0 Å². The van der Waals surface area contributed by atoms with E-state index in [2.05, 4.69) is 60.4 Å². The van der Waals surface area contributed by atoms with Crippen molar-refractivity contribution >= 4 is 0 Å². The number of nitrogens with one attached hydrogen (secondary N) is 1. The quantitative estimate of drug-likeness (QED) is 0.899. The normalized spacial score (nSPS) is 18.4. The maximum atomic E-state index is 4.25. The van der Waals surface area contributed by atoms with Gasteiger partial charge in [-0.05, 0) is 36.1 Å². The van der Waals surface area contributed by atoms with Gasteiger partial charge in [0.2, 0.25) is 0 Å². The summed E-state index contributed by atoms with van der Waals surface area (Å²) in [6.07, 6.45) is 1.04. The number of tetrazole rings is 1. The first-order valence-electron chi connectivity index (χ1n) is 7.49. The minimum absolute atomic E-state index is 0.0644. The van der Waals surface area contributed by atoms with Crippen molar-refractivity contribution < 1.29 is 0 Å². The molecule has 0 aromatic carbocycles. The van der Waals surface area contributed by atoms with Crippen molar-refractivity contribution in [3.05, 3.63) is 5.82 Å². The Morgan fingerprint density at radius 3 is 2.35 bits per heavy atom. The highest BCUT2D eigenvalue weighted by molar-refractivity contribution is 4.91. The highest BCUT2D eigenvalue weighted by Gasteiger charge is 2.31. The molecule has 6 heteroatoms. The smallest absolute Gasteiger partial charge is 0.165 e. The molecule has 114 valence electrons. The maximum Gasteiger partial charge on any atom is 0.165 e. The third kappa shape index (κ3) is 3.99. The average molecular weight is 280 g/mol. The van der Waals surface area contributed by atoms with E-state index in [4.69, 9.17) is 0 Å². The van der Waals surface area contributed by atoms with Gasteiger partial charge in [-0.2, -0.15) is 0 Å². The van der Waals surface area contributed by atoms with Crippen LogP contribution in [0, 0.1) is 5.41 Å². The van der Waals surface area contributed by atoms with E-state index in [1.807, 2.05) is 4.68 Å². The van der Waals surface area contributed by atoms with Crippen LogP contribution in [0.5, 0.6) is 0 Å². The Morgan fingerprint density at radius 1 is 1.10 bits per heavy atom. The van der Waals surface area contributed by atoms with E-state index in [1.54, 1.807) is 0 Å². The largest absolute Gasteiger partial charge is 0.314 e. The van der Waals surface area contributed by atoms with Crippen LogP contribution in [0.25, 0.3) is 0 Å². The van der Waals surface area contributed by atoms with Crippen molar-refractivity contribution in [2.45, 2.75) is 53.1 Å². The van der Waals surface area contributed by atoms with Gasteiger partial charge in [0.15, 0.2) is 5.82 Å². The fourth-order valence-electron chi connectivity index (χ4n) is 3.22. The molecule has 0 atom stereocenters. The van der Waals surface area contributed by atoms with Crippen molar-refractivity contribution in [3.8, 4) is 0 Å². The van der Waals surface area contributed by atoms with Crippen LogP contribution < -0.4 is 5.32 Å². The summed E-state index contributed by atoms with van der Waals surface area (Å²) >= 11 is 0. The second kappa shape index (κ2) is 5.77. The van der Waals surface area contributed by atoms with Gasteiger partial charge < -0.3 is 5.32 Å². The zero-order valence-electron chi connectivity index (χ0n) is 13.5. The van der Waals surface area contributed by atoms with E-state index in [1.165, 1.54) is 0 Å². The molecule has 1 N–H and O–H groups in total. The first-order valence-corrected chi connectivity index (χ1v) is 7.49. The zero-order valence-corrected chi connectivity index (χ0v) is 13.5. The summed E-state index contributed by atoms with van der Waals surface area (Å²) < 4.78 is 2.01. The molecule has 0 radical (unpaired) electrons. The molecule has 0 spiro atoms. The van der Waals surface area contributed by atoms with Gasteiger partial charge in [0.05, 0.1) is 12.1 Å². The maximum absolute atomic E-state index is 4.25. The molecule has 1 aliphatic rings. The lowest BCUT2D eigenvalue weighted by Crippen LogP contribution is -2.44. The zero-order chi connectivity index (χ0) is 14.8. The van der Waals surface area contributed by atoms with E-state index >= 15 is 0 Å². The monoisotopic (exact) mass is 280 g/mol. The second-order valence-electron chi connectivity index (χ2n) is 7.58. The molecule has 1 aromatic heterocycles. The van der Waals surface area contributed by atoms with Gasteiger partial charge in [-0.1, -0.05) is 20.8 Å². The summed E-state index contributed by atoms with van der Waals surface area (Å²) in [6, 6.07) is 0. The topological polar surface area (TPSA) is 58.9 Å². The predicted octanol–water partition coefficient (Wildman–Crippen LogP) is 1.25. The lowest BCUT2D eigenvalue weighted by molar-refractivity contribution is 0.174. The fraction of sp³-hybridized carbons (Fsp3) is 0.929. The van der Waals surface area contributed by atoms with E-state index < -0.39 is 0 Å². The van der Waals surface area contributed by atoms with Gasteiger partial charge in [0.1, 0.15) is 0 Å². The number of nitrogens with zero attached hydrogens (tertiary/aromatic N) is 5. The van der Waals surface area contributed by atoms with Gasteiger partial charge in [-0.15, -0.1) is 5.10 Å². The molecular weight excluding hydrogens is 252 g/mol. The summed E-state index contributed by atoms with van der Waals surface area (Å²) in [7, 11) is 0. The summed E-state index contributed by atoms with van der Waals surface area (Å²) in [4.78, 5) is 2.41. The molecule has 2 heterocycles. The minimum Gasteiger partial charge on any atom is -0.314 e. The first-order chi connectivity index (χ1) is 9.28.